The third-order valence-corrected chi connectivity index (χ3v) is 5.21. The second-order valence-corrected chi connectivity index (χ2v) is 8.15. The fraction of sp³-hybridized carbons (Fsp3) is 0.875. The van der Waals surface area contributed by atoms with Crippen LogP contribution in [-0.4, -0.2) is 72.9 Å². The molecule has 1 N–H and O–H groups in total. The maximum atomic E-state index is 11.8. The SMILES string of the molecule is CC(C)CNC(=NCC(=O)N(C)C)N1CCSC(C(C)C)C1.I. The quantitative estimate of drug-likeness (QED) is 0.392. The zero-order valence-corrected chi connectivity index (χ0v) is 18.5. The predicted molar refractivity (Wildman–Crippen MR) is 112 cm³/mol. The molecule has 0 aliphatic carbocycles. The minimum atomic E-state index is 0. The number of likely N-dealkylation sites (N-methyl/N-ethyl adjacent to an activating group) is 1. The van der Waals surface area contributed by atoms with Gasteiger partial charge in [-0.3, -0.25) is 4.79 Å². The first-order valence-electron chi connectivity index (χ1n) is 8.16. The molecule has 0 aromatic carbocycles. The second kappa shape index (κ2) is 11.4. The van der Waals surface area contributed by atoms with Gasteiger partial charge in [0, 0.05) is 44.7 Å². The van der Waals surface area contributed by atoms with E-state index < -0.39 is 0 Å². The second-order valence-electron chi connectivity index (χ2n) is 6.80. The van der Waals surface area contributed by atoms with E-state index in [0.29, 0.717) is 17.1 Å². The summed E-state index contributed by atoms with van der Waals surface area (Å²) in [5.41, 5.74) is 0. The van der Waals surface area contributed by atoms with Gasteiger partial charge >= 0.3 is 0 Å². The summed E-state index contributed by atoms with van der Waals surface area (Å²) in [5.74, 6) is 3.25. The Labute approximate surface area is 163 Å². The molecule has 1 atom stereocenters. The summed E-state index contributed by atoms with van der Waals surface area (Å²) in [6.07, 6.45) is 0. The van der Waals surface area contributed by atoms with E-state index in [4.69, 9.17) is 0 Å². The monoisotopic (exact) mass is 456 g/mol. The van der Waals surface area contributed by atoms with E-state index >= 15 is 0 Å². The van der Waals surface area contributed by atoms with Crippen LogP contribution in [0.3, 0.4) is 0 Å². The van der Waals surface area contributed by atoms with Crippen molar-refractivity contribution < 1.29 is 4.79 Å². The van der Waals surface area contributed by atoms with Crippen molar-refractivity contribution in [3.05, 3.63) is 0 Å². The lowest BCUT2D eigenvalue weighted by atomic mass is 10.1. The van der Waals surface area contributed by atoms with Crippen LogP contribution in [0.2, 0.25) is 0 Å². The zero-order chi connectivity index (χ0) is 16.7. The molecule has 0 saturated carbocycles. The molecule has 1 saturated heterocycles. The van der Waals surface area contributed by atoms with Crippen molar-refractivity contribution in [1.82, 2.24) is 15.1 Å². The average molecular weight is 456 g/mol. The van der Waals surface area contributed by atoms with Gasteiger partial charge < -0.3 is 15.1 Å². The predicted octanol–water partition coefficient (Wildman–Crippen LogP) is 2.37. The van der Waals surface area contributed by atoms with Gasteiger partial charge in [-0.05, 0) is 11.8 Å². The first-order chi connectivity index (χ1) is 10.3. The smallest absolute Gasteiger partial charge is 0.243 e. The number of hydrogen-bond donors (Lipinski definition) is 1. The number of amides is 1. The van der Waals surface area contributed by atoms with E-state index in [2.05, 4.69) is 42.9 Å². The van der Waals surface area contributed by atoms with Crippen molar-refractivity contribution in [2.75, 3.05) is 46.0 Å². The topological polar surface area (TPSA) is 47.9 Å². The van der Waals surface area contributed by atoms with Crippen LogP contribution in [0.4, 0.5) is 0 Å². The van der Waals surface area contributed by atoms with Crippen LogP contribution < -0.4 is 5.32 Å². The van der Waals surface area contributed by atoms with E-state index in [1.165, 1.54) is 0 Å². The number of nitrogens with one attached hydrogen (secondary N) is 1. The van der Waals surface area contributed by atoms with Crippen LogP contribution in [0.25, 0.3) is 0 Å². The summed E-state index contributed by atoms with van der Waals surface area (Å²) in [5, 5.41) is 4.07. The molecular weight excluding hydrogens is 423 g/mol. The average Bonchev–Trinajstić information content (AvgIpc) is 2.46. The van der Waals surface area contributed by atoms with Crippen molar-refractivity contribution in [2.24, 2.45) is 16.8 Å². The largest absolute Gasteiger partial charge is 0.356 e. The normalized spacial score (nSPS) is 18.9. The lowest BCUT2D eigenvalue weighted by Gasteiger charge is -2.36. The Bertz CT molecular complexity index is 388. The van der Waals surface area contributed by atoms with E-state index in [-0.39, 0.29) is 36.4 Å². The van der Waals surface area contributed by atoms with Crippen molar-refractivity contribution >= 4 is 47.6 Å². The lowest BCUT2D eigenvalue weighted by molar-refractivity contribution is -0.127. The van der Waals surface area contributed by atoms with Crippen molar-refractivity contribution in [1.29, 1.82) is 0 Å². The van der Waals surface area contributed by atoms with Crippen LogP contribution >= 0.6 is 35.7 Å². The van der Waals surface area contributed by atoms with Gasteiger partial charge in [-0.15, -0.1) is 24.0 Å². The van der Waals surface area contributed by atoms with Crippen molar-refractivity contribution in [3.63, 3.8) is 0 Å². The molecule has 7 heteroatoms. The number of carbonyl (C=O) groups excluding carboxylic acids is 1. The van der Waals surface area contributed by atoms with Crippen LogP contribution in [-0.2, 0) is 4.79 Å². The first kappa shape index (κ1) is 22.8. The Balaban J connectivity index is 0.00000484. The fourth-order valence-corrected chi connectivity index (χ4v) is 3.42. The van der Waals surface area contributed by atoms with Crippen LogP contribution in [0.15, 0.2) is 4.99 Å². The Morgan fingerprint density at radius 2 is 2.00 bits per heavy atom. The number of hydrogen-bond acceptors (Lipinski definition) is 3. The van der Waals surface area contributed by atoms with E-state index in [1.807, 2.05) is 11.8 Å². The van der Waals surface area contributed by atoms with E-state index in [0.717, 1.165) is 31.3 Å². The number of halogens is 1. The number of rotatable bonds is 5. The summed E-state index contributed by atoms with van der Waals surface area (Å²) >= 11 is 2.05. The number of guanidine groups is 1. The van der Waals surface area contributed by atoms with Crippen molar-refractivity contribution in [3.8, 4) is 0 Å². The molecule has 1 fully saturated rings. The minimum Gasteiger partial charge on any atom is -0.356 e. The third kappa shape index (κ3) is 8.47. The Hall–Kier alpha value is -0.180. The highest BCUT2D eigenvalue weighted by molar-refractivity contribution is 14.0. The molecule has 0 aromatic heterocycles. The highest BCUT2D eigenvalue weighted by Gasteiger charge is 2.25. The minimum absolute atomic E-state index is 0. The van der Waals surface area contributed by atoms with E-state index in [9.17, 15) is 4.79 Å². The summed E-state index contributed by atoms with van der Waals surface area (Å²) in [4.78, 5) is 20.3. The molecule has 1 rings (SSSR count). The summed E-state index contributed by atoms with van der Waals surface area (Å²) in [6, 6.07) is 0. The lowest BCUT2D eigenvalue weighted by Crippen LogP contribution is -2.50. The molecule has 0 radical (unpaired) electrons. The molecule has 136 valence electrons. The van der Waals surface area contributed by atoms with Crippen LogP contribution in [0.1, 0.15) is 27.7 Å². The highest BCUT2D eigenvalue weighted by Crippen LogP contribution is 2.24. The highest BCUT2D eigenvalue weighted by atomic mass is 127. The maximum absolute atomic E-state index is 11.8. The Morgan fingerprint density at radius 1 is 1.35 bits per heavy atom. The van der Waals surface area contributed by atoms with Gasteiger partial charge in [-0.1, -0.05) is 27.7 Å². The molecule has 23 heavy (non-hydrogen) atoms. The van der Waals surface area contributed by atoms with Gasteiger partial charge in [0.15, 0.2) is 5.96 Å². The Kier molecular flexibility index (Phi) is 11.3. The Morgan fingerprint density at radius 3 is 2.52 bits per heavy atom. The maximum Gasteiger partial charge on any atom is 0.243 e. The summed E-state index contributed by atoms with van der Waals surface area (Å²) in [6.45, 7) is 12.0. The van der Waals surface area contributed by atoms with Crippen LogP contribution in [0, 0.1) is 11.8 Å². The van der Waals surface area contributed by atoms with Gasteiger partial charge in [0.25, 0.3) is 0 Å². The summed E-state index contributed by atoms with van der Waals surface area (Å²) in [7, 11) is 3.54. The standard InChI is InChI=1S/C16H32N4OS.HI/c1-12(2)9-17-16(18-10-15(21)19(5)6)20-7-8-22-14(11-20)13(3)4;/h12-14H,7-11H2,1-6H3,(H,17,18);1H. The number of thioether (sulfide) groups is 1. The molecule has 1 aliphatic heterocycles. The van der Waals surface area contributed by atoms with Gasteiger partial charge in [0.05, 0.1) is 0 Å². The molecule has 1 aliphatic rings. The number of nitrogens with zero attached hydrogens (tertiary/aromatic N) is 3. The van der Waals surface area contributed by atoms with Gasteiger partial charge in [-0.2, -0.15) is 11.8 Å². The molecule has 1 amide bonds. The van der Waals surface area contributed by atoms with Crippen molar-refractivity contribution in [2.45, 2.75) is 32.9 Å². The zero-order valence-electron chi connectivity index (χ0n) is 15.3. The molecule has 0 bridgehead atoms. The van der Waals surface area contributed by atoms with E-state index in [1.54, 1.807) is 19.0 Å². The third-order valence-electron chi connectivity index (χ3n) is 3.67. The molecule has 1 heterocycles. The molecule has 1 unspecified atom stereocenters. The molecule has 0 aromatic rings. The van der Waals surface area contributed by atoms with Gasteiger partial charge in [0.2, 0.25) is 5.91 Å². The fourth-order valence-electron chi connectivity index (χ4n) is 2.12. The molecule has 0 spiro atoms. The molecular formula is C16H33IN4OS. The number of carbonyl (C=O) groups is 1. The summed E-state index contributed by atoms with van der Waals surface area (Å²) < 4.78 is 0. The van der Waals surface area contributed by atoms with Gasteiger partial charge in [0.1, 0.15) is 6.54 Å². The van der Waals surface area contributed by atoms with Gasteiger partial charge in [-0.25, -0.2) is 4.99 Å². The van der Waals surface area contributed by atoms with Crippen LogP contribution in [0.5, 0.6) is 0 Å². The molecule has 5 nitrogen and oxygen atoms in total. The first-order valence-corrected chi connectivity index (χ1v) is 9.21. The number of aliphatic imine (C=N–C) groups is 1.